The van der Waals surface area contributed by atoms with E-state index < -0.39 is 22.4 Å². The SMILES string of the molecule is CCOC(=O)c1nn(-c2ccc(OC)cc2)c(=O)c2c(NC(=O)c3cccc([N+](=O)[O-])c3C)scc12. The van der Waals surface area contributed by atoms with E-state index in [-0.39, 0.29) is 44.9 Å². The van der Waals surface area contributed by atoms with Crippen LogP contribution in [0.15, 0.2) is 52.6 Å². The molecule has 36 heavy (non-hydrogen) atoms. The lowest BCUT2D eigenvalue weighted by Crippen LogP contribution is -2.25. The fourth-order valence-electron chi connectivity index (χ4n) is 3.63. The maximum atomic E-state index is 13.5. The van der Waals surface area contributed by atoms with E-state index in [4.69, 9.17) is 9.47 Å². The number of esters is 1. The number of methoxy groups -OCH3 is 1. The number of thiophene rings is 1. The normalized spacial score (nSPS) is 10.8. The number of carbonyl (C=O) groups excluding carboxylic acids is 2. The summed E-state index contributed by atoms with van der Waals surface area (Å²) in [7, 11) is 1.51. The monoisotopic (exact) mass is 508 g/mol. The van der Waals surface area contributed by atoms with Gasteiger partial charge in [0, 0.05) is 28.0 Å². The molecule has 0 saturated heterocycles. The molecule has 11 nitrogen and oxygen atoms in total. The van der Waals surface area contributed by atoms with Crippen molar-refractivity contribution in [3.8, 4) is 11.4 Å². The Labute approximate surface area is 208 Å². The first kappa shape index (κ1) is 24.5. The van der Waals surface area contributed by atoms with Gasteiger partial charge < -0.3 is 14.8 Å². The fraction of sp³-hybridized carbons (Fsp3) is 0.167. The number of nitrogens with one attached hydrogen (secondary N) is 1. The van der Waals surface area contributed by atoms with Crippen LogP contribution < -0.4 is 15.6 Å². The molecule has 2 heterocycles. The number of benzene rings is 2. The predicted octanol–water partition coefficient (Wildman–Crippen LogP) is 4.10. The summed E-state index contributed by atoms with van der Waals surface area (Å²) < 4.78 is 11.3. The van der Waals surface area contributed by atoms with E-state index in [0.29, 0.717) is 11.4 Å². The van der Waals surface area contributed by atoms with Crippen LogP contribution in [0.2, 0.25) is 0 Å². The van der Waals surface area contributed by atoms with Crippen LogP contribution in [0.5, 0.6) is 5.75 Å². The maximum absolute atomic E-state index is 13.5. The topological polar surface area (TPSA) is 143 Å². The lowest BCUT2D eigenvalue weighted by Gasteiger charge is -2.11. The van der Waals surface area contributed by atoms with Crippen molar-refractivity contribution in [2.24, 2.45) is 0 Å². The molecule has 0 fully saturated rings. The largest absolute Gasteiger partial charge is 0.497 e. The summed E-state index contributed by atoms with van der Waals surface area (Å²) in [6.07, 6.45) is 0. The van der Waals surface area contributed by atoms with Crippen LogP contribution in [0.3, 0.4) is 0 Å². The summed E-state index contributed by atoms with van der Waals surface area (Å²) in [5.41, 5.74) is -0.229. The van der Waals surface area contributed by atoms with Crippen LogP contribution in [0.4, 0.5) is 10.7 Å². The van der Waals surface area contributed by atoms with Gasteiger partial charge in [0.25, 0.3) is 17.2 Å². The van der Waals surface area contributed by atoms with Crippen LogP contribution in [0.1, 0.15) is 33.3 Å². The summed E-state index contributed by atoms with van der Waals surface area (Å²) in [5.74, 6) is -0.797. The van der Waals surface area contributed by atoms with Crippen molar-refractivity contribution in [1.82, 2.24) is 9.78 Å². The predicted molar refractivity (Wildman–Crippen MR) is 134 cm³/mol. The number of hydrogen-bond donors (Lipinski definition) is 1. The molecule has 1 amide bonds. The van der Waals surface area contributed by atoms with Gasteiger partial charge in [0.15, 0.2) is 5.69 Å². The van der Waals surface area contributed by atoms with Crippen LogP contribution in [-0.2, 0) is 4.74 Å². The Kier molecular flexibility index (Phi) is 6.79. The number of nitro benzene ring substituents is 1. The summed E-state index contributed by atoms with van der Waals surface area (Å²) in [5, 5.41) is 20.2. The Bertz CT molecular complexity index is 1560. The van der Waals surface area contributed by atoms with Crippen LogP contribution >= 0.6 is 11.3 Å². The summed E-state index contributed by atoms with van der Waals surface area (Å²) >= 11 is 1.03. The minimum atomic E-state index is -0.727. The third-order valence-corrected chi connectivity index (χ3v) is 6.31. The molecule has 0 aliphatic heterocycles. The number of hydrogen-bond acceptors (Lipinski definition) is 9. The highest BCUT2D eigenvalue weighted by atomic mass is 32.1. The van der Waals surface area contributed by atoms with Crippen LogP contribution in [0.25, 0.3) is 16.5 Å². The maximum Gasteiger partial charge on any atom is 0.359 e. The Hall–Kier alpha value is -4.58. The highest BCUT2D eigenvalue weighted by Crippen LogP contribution is 2.32. The summed E-state index contributed by atoms with van der Waals surface area (Å²) in [4.78, 5) is 49.9. The van der Waals surface area contributed by atoms with Crippen LogP contribution in [0, 0.1) is 17.0 Å². The number of aromatic nitrogens is 2. The Morgan fingerprint density at radius 2 is 1.92 bits per heavy atom. The third kappa shape index (κ3) is 4.41. The molecule has 0 atom stereocenters. The van der Waals surface area contributed by atoms with Crippen molar-refractivity contribution in [1.29, 1.82) is 0 Å². The molecular weight excluding hydrogens is 488 g/mol. The molecule has 0 bridgehead atoms. The smallest absolute Gasteiger partial charge is 0.359 e. The number of anilines is 1. The van der Waals surface area contributed by atoms with Gasteiger partial charge in [-0.1, -0.05) is 6.07 Å². The fourth-order valence-corrected chi connectivity index (χ4v) is 4.56. The van der Waals surface area contributed by atoms with Gasteiger partial charge in [-0.05, 0) is 44.2 Å². The molecule has 0 saturated carbocycles. The number of ether oxygens (including phenoxy) is 2. The van der Waals surface area contributed by atoms with Crippen molar-refractivity contribution in [2.45, 2.75) is 13.8 Å². The molecule has 1 N–H and O–H groups in total. The average molecular weight is 509 g/mol. The van der Waals surface area contributed by atoms with E-state index in [1.165, 1.54) is 37.6 Å². The third-order valence-electron chi connectivity index (χ3n) is 5.41. The number of nitro groups is 1. The van der Waals surface area contributed by atoms with Gasteiger partial charge in [0.2, 0.25) is 0 Å². The molecule has 4 rings (SSSR count). The van der Waals surface area contributed by atoms with Gasteiger partial charge in [-0.2, -0.15) is 9.78 Å². The van der Waals surface area contributed by atoms with E-state index in [1.807, 2.05) is 0 Å². The second-order valence-electron chi connectivity index (χ2n) is 7.50. The van der Waals surface area contributed by atoms with E-state index in [2.05, 4.69) is 10.4 Å². The number of nitrogens with zero attached hydrogens (tertiary/aromatic N) is 3. The second kappa shape index (κ2) is 9.96. The Morgan fingerprint density at radius 3 is 2.56 bits per heavy atom. The van der Waals surface area contributed by atoms with E-state index in [0.717, 1.165) is 16.0 Å². The summed E-state index contributed by atoms with van der Waals surface area (Å²) in [6.45, 7) is 3.22. The molecule has 0 spiro atoms. The first-order valence-corrected chi connectivity index (χ1v) is 11.6. The zero-order valence-corrected chi connectivity index (χ0v) is 20.3. The number of amides is 1. The molecule has 2 aromatic carbocycles. The first-order valence-electron chi connectivity index (χ1n) is 10.7. The minimum absolute atomic E-state index is 0.0605. The molecule has 184 valence electrons. The molecule has 0 unspecified atom stereocenters. The van der Waals surface area contributed by atoms with E-state index in [1.54, 1.807) is 31.2 Å². The average Bonchev–Trinajstić information content (AvgIpc) is 3.28. The summed E-state index contributed by atoms with van der Waals surface area (Å²) in [6, 6.07) is 10.6. The van der Waals surface area contributed by atoms with Crippen molar-refractivity contribution in [3.05, 3.63) is 85.1 Å². The number of fused-ring (bicyclic) bond motifs is 1. The van der Waals surface area contributed by atoms with Gasteiger partial charge in [-0.3, -0.25) is 19.7 Å². The highest BCUT2D eigenvalue weighted by Gasteiger charge is 2.24. The molecule has 12 heteroatoms. The highest BCUT2D eigenvalue weighted by molar-refractivity contribution is 7.16. The Morgan fingerprint density at radius 1 is 1.19 bits per heavy atom. The van der Waals surface area contributed by atoms with Crippen molar-refractivity contribution in [3.63, 3.8) is 0 Å². The zero-order valence-electron chi connectivity index (χ0n) is 19.4. The zero-order chi connectivity index (χ0) is 26.0. The van der Waals surface area contributed by atoms with Gasteiger partial charge in [0.05, 0.1) is 29.7 Å². The van der Waals surface area contributed by atoms with E-state index >= 15 is 0 Å². The molecule has 0 radical (unpaired) electrons. The van der Waals surface area contributed by atoms with Gasteiger partial charge in [0.1, 0.15) is 10.8 Å². The molecule has 4 aromatic rings. The van der Waals surface area contributed by atoms with Crippen LogP contribution in [-0.4, -0.2) is 40.3 Å². The number of carbonyl (C=O) groups is 2. The van der Waals surface area contributed by atoms with Crippen molar-refractivity contribution < 1.29 is 24.0 Å². The lowest BCUT2D eigenvalue weighted by molar-refractivity contribution is -0.385. The minimum Gasteiger partial charge on any atom is -0.497 e. The lowest BCUT2D eigenvalue weighted by atomic mass is 10.1. The first-order chi connectivity index (χ1) is 17.3. The molecular formula is C24H20N4O7S. The quantitative estimate of drug-likeness (QED) is 0.223. The second-order valence-corrected chi connectivity index (χ2v) is 8.38. The van der Waals surface area contributed by atoms with Gasteiger partial charge in [-0.25, -0.2) is 4.79 Å². The van der Waals surface area contributed by atoms with Gasteiger partial charge in [-0.15, -0.1) is 11.3 Å². The van der Waals surface area contributed by atoms with Crippen molar-refractivity contribution in [2.75, 3.05) is 19.0 Å². The van der Waals surface area contributed by atoms with Gasteiger partial charge >= 0.3 is 5.97 Å². The molecule has 0 aliphatic carbocycles. The molecule has 0 aliphatic rings. The standard InChI is InChI=1S/C24H20N4O7S/c1-4-35-24(31)20-17-12-36-22(25-21(29)16-6-5-7-18(13(16)2)28(32)33)19(17)23(30)27(26-20)14-8-10-15(34-3)11-9-14/h5-12H,4H2,1-3H3,(H,25,29). The van der Waals surface area contributed by atoms with Crippen molar-refractivity contribution >= 4 is 44.7 Å². The Balaban J connectivity index is 1.86. The van der Waals surface area contributed by atoms with E-state index in [9.17, 15) is 24.5 Å². The number of rotatable bonds is 7. The molecule has 2 aromatic heterocycles.